The Hall–Kier alpha value is -2.20. The summed E-state index contributed by atoms with van der Waals surface area (Å²) in [5.74, 6) is 0.257. The molecule has 0 bridgehead atoms. The number of fused-ring (bicyclic) bond motifs is 1. The number of benzene rings is 2. The third kappa shape index (κ3) is 4.13. The highest BCUT2D eigenvalue weighted by atomic mass is 79.9. The van der Waals surface area contributed by atoms with E-state index >= 15 is 0 Å². The molecular formula is C22H22BrNO2. The molecule has 1 aliphatic rings. The number of nitrogens with zero attached hydrogens (tertiary/aromatic N) is 1. The monoisotopic (exact) mass is 411 g/mol. The van der Waals surface area contributed by atoms with Crippen LogP contribution in [0.25, 0.3) is 6.08 Å². The molecule has 2 aromatic carbocycles. The standard InChI is InChI=1S/C22H22BrNO2/c1-15(18-7-5-8-19(23)13-18)12-20(26)14-22-21-9-4-3-6-17(21)10-11-24(22)16(2)25/h3-11,13,15,22H,12,14H2,1-2H3. The number of carbonyl (C=O) groups is 2. The Morgan fingerprint density at radius 1 is 1.15 bits per heavy atom. The fourth-order valence-corrected chi connectivity index (χ4v) is 3.90. The predicted octanol–water partition coefficient (Wildman–Crippen LogP) is 5.48. The number of hydrogen-bond acceptors (Lipinski definition) is 2. The van der Waals surface area contributed by atoms with Crippen molar-refractivity contribution in [2.45, 2.75) is 38.6 Å². The first-order chi connectivity index (χ1) is 12.5. The van der Waals surface area contributed by atoms with Gasteiger partial charge in [-0.15, -0.1) is 0 Å². The van der Waals surface area contributed by atoms with Crippen molar-refractivity contribution in [1.29, 1.82) is 0 Å². The van der Waals surface area contributed by atoms with Crippen LogP contribution < -0.4 is 0 Å². The highest BCUT2D eigenvalue weighted by molar-refractivity contribution is 9.10. The zero-order chi connectivity index (χ0) is 18.7. The smallest absolute Gasteiger partial charge is 0.223 e. The first kappa shape index (κ1) is 18.6. The van der Waals surface area contributed by atoms with Gasteiger partial charge in [-0.3, -0.25) is 9.59 Å². The minimum Gasteiger partial charge on any atom is -0.311 e. The van der Waals surface area contributed by atoms with Crippen molar-refractivity contribution in [2.24, 2.45) is 0 Å². The lowest BCUT2D eigenvalue weighted by Gasteiger charge is -2.32. The largest absolute Gasteiger partial charge is 0.311 e. The summed E-state index contributed by atoms with van der Waals surface area (Å²) in [5.41, 5.74) is 3.25. The van der Waals surface area contributed by atoms with Gasteiger partial charge in [0.1, 0.15) is 5.78 Å². The Morgan fingerprint density at radius 3 is 2.65 bits per heavy atom. The predicted molar refractivity (Wildman–Crippen MR) is 108 cm³/mol. The summed E-state index contributed by atoms with van der Waals surface area (Å²) < 4.78 is 1.02. The Balaban J connectivity index is 1.76. The first-order valence-corrected chi connectivity index (χ1v) is 9.58. The third-order valence-electron chi connectivity index (χ3n) is 4.84. The molecule has 0 saturated carbocycles. The maximum absolute atomic E-state index is 12.8. The van der Waals surface area contributed by atoms with Gasteiger partial charge in [-0.25, -0.2) is 0 Å². The van der Waals surface area contributed by atoms with E-state index < -0.39 is 0 Å². The molecule has 0 saturated heterocycles. The molecule has 134 valence electrons. The molecule has 1 heterocycles. The summed E-state index contributed by atoms with van der Waals surface area (Å²) in [6.07, 6.45) is 4.52. The maximum atomic E-state index is 12.8. The molecule has 1 aliphatic heterocycles. The highest BCUT2D eigenvalue weighted by Crippen LogP contribution is 2.34. The van der Waals surface area contributed by atoms with Crippen LogP contribution in [0.3, 0.4) is 0 Å². The second-order valence-electron chi connectivity index (χ2n) is 6.79. The summed E-state index contributed by atoms with van der Waals surface area (Å²) >= 11 is 3.48. The van der Waals surface area contributed by atoms with Gasteiger partial charge in [0.15, 0.2) is 0 Å². The number of halogens is 1. The molecule has 2 aromatic rings. The maximum Gasteiger partial charge on any atom is 0.223 e. The van der Waals surface area contributed by atoms with Crippen molar-refractivity contribution >= 4 is 33.7 Å². The van der Waals surface area contributed by atoms with Crippen molar-refractivity contribution in [3.05, 3.63) is 75.9 Å². The number of amides is 1. The Labute approximate surface area is 162 Å². The lowest BCUT2D eigenvalue weighted by molar-refractivity contribution is -0.129. The van der Waals surface area contributed by atoms with Crippen molar-refractivity contribution in [3.63, 3.8) is 0 Å². The quantitative estimate of drug-likeness (QED) is 0.653. The van der Waals surface area contributed by atoms with Crippen molar-refractivity contribution in [3.8, 4) is 0 Å². The molecule has 0 spiro atoms. The van der Waals surface area contributed by atoms with Gasteiger partial charge < -0.3 is 4.90 Å². The number of Topliss-reactive ketones (excluding diaryl/α,β-unsaturated/α-hetero) is 1. The highest BCUT2D eigenvalue weighted by Gasteiger charge is 2.28. The molecule has 2 atom stereocenters. The zero-order valence-corrected chi connectivity index (χ0v) is 16.6. The van der Waals surface area contributed by atoms with Gasteiger partial charge >= 0.3 is 0 Å². The Bertz CT molecular complexity index is 859. The molecule has 0 fully saturated rings. The van der Waals surface area contributed by atoms with E-state index in [1.807, 2.05) is 48.5 Å². The molecular weight excluding hydrogens is 390 g/mol. The van der Waals surface area contributed by atoms with Crippen molar-refractivity contribution < 1.29 is 9.59 Å². The van der Waals surface area contributed by atoms with Crippen molar-refractivity contribution in [1.82, 2.24) is 4.90 Å². The van der Waals surface area contributed by atoms with Gasteiger partial charge in [0.25, 0.3) is 0 Å². The fourth-order valence-electron chi connectivity index (χ4n) is 3.48. The van der Waals surface area contributed by atoms with Gasteiger partial charge in [-0.1, -0.05) is 59.3 Å². The van der Waals surface area contributed by atoms with E-state index in [1.54, 1.807) is 18.0 Å². The molecule has 0 aliphatic carbocycles. The van der Waals surface area contributed by atoms with E-state index in [4.69, 9.17) is 0 Å². The van der Waals surface area contributed by atoms with E-state index in [0.717, 1.165) is 21.2 Å². The summed E-state index contributed by atoms with van der Waals surface area (Å²) in [6, 6.07) is 15.8. The molecule has 4 heteroatoms. The van der Waals surface area contributed by atoms with Crippen LogP contribution in [0.5, 0.6) is 0 Å². The van der Waals surface area contributed by atoms with Crippen LogP contribution in [0, 0.1) is 0 Å². The molecule has 2 unspecified atom stereocenters. The third-order valence-corrected chi connectivity index (χ3v) is 5.33. The van der Waals surface area contributed by atoms with E-state index in [0.29, 0.717) is 12.8 Å². The van der Waals surface area contributed by atoms with Crippen LogP contribution in [-0.2, 0) is 9.59 Å². The lowest BCUT2D eigenvalue weighted by atomic mass is 9.89. The summed E-state index contributed by atoms with van der Waals surface area (Å²) in [4.78, 5) is 26.5. The van der Waals surface area contributed by atoms with E-state index in [1.165, 1.54) is 0 Å². The summed E-state index contributed by atoms with van der Waals surface area (Å²) in [6.45, 7) is 3.61. The summed E-state index contributed by atoms with van der Waals surface area (Å²) in [7, 11) is 0. The average Bonchev–Trinajstić information content (AvgIpc) is 2.61. The van der Waals surface area contributed by atoms with Gasteiger partial charge in [-0.2, -0.15) is 0 Å². The normalized spacial score (nSPS) is 16.9. The molecule has 3 nitrogen and oxygen atoms in total. The van der Waals surface area contributed by atoms with Crippen LogP contribution in [0.4, 0.5) is 0 Å². The van der Waals surface area contributed by atoms with Crippen molar-refractivity contribution in [2.75, 3.05) is 0 Å². The lowest BCUT2D eigenvalue weighted by Crippen LogP contribution is -2.32. The molecule has 1 amide bonds. The number of hydrogen-bond donors (Lipinski definition) is 0. The summed E-state index contributed by atoms with van der Waals surface area (Å²) in [5, 5.41) is 0. The van der Waals surface area contributed by atoms with Crippen LogP contribution in [-0.4, -0.2) is 16.6 Å². The zero-order valence-electron chi connectivity index (χ0n) is 15.0. The molecule has 0 aromatic heterocycles. The minimum absolute atomic E-state index is 0.0476. The van der Waals surface area contributed by atoms with E-state index in [2.05, 4.69) is 28.9 Å². The Kier molecular flexibility index (Phi) is 5.72. The topological polar surface area (TPSA) is 37.4 Å². The van der Waals surface area contributed by atoms with Crippen LogP contribution in [0.1, 0.15) is 55.3 Å². The number of rotatable bonds is 5. The van der Waals surface area contributed by atoms with Crippen LogP contribution in [0.2, 0.25) is 0 Å². The molecule has 0 radical (unpaired) electrons. The fraction of sp³-hybridized carbons (Fsp3) is 0.273. The van der Waals surface area contributed by atoms with Gasteiger partial charge in [0.05, 0.1) is 6.04 Å². The number of carbonyl (C=O) groups excluding carboxylic acids is 2. The number of ketones is 1. The minimum atomic E-state index is -0.226. The second kappa shape index (κ2) is 8.00. The second-order valence-corrected chi connectivity index (χ2v) is 7.71. The first-order valence-electron chi connectivity index (χ1n) is 8.79. The van der Waals surface area contributed by atoms with Gasteiger partial charge in [0.2, 0.25) is 5.91 Å². The average molecular weight is 412 g/mol. The van der Waals surface area contributed by atoms with Gasteiger partial charge in [0, 0.05) is 30.4 Å². The molecule has 0 N–H and O–H groups in total. The Morgan fingerprint density at radius 2 is 1.92 bits per heavy atom. The van der Waals surface area contributed by atoms with Crippen LogP contribution in [0.15, 0.2) is 59.2 Å². The van der Waals surface area contributed by atoms with E-state index in [9.17, 15) is 9.59 Å². The van der Waals surface area contributed by atoms with E-state index in [-0.39, 0.29) is 23.7 Å². The van der Waals surface area contributed by atoms with Crippen LogP contribution >= 0.6 is 15.9 Å². The molecule has 3 rings (SSSR count). The van der Waals surface area contributed by atoms with Gasteiger partial charge in [-0.05, 0) is 40.8 Å². The SMILES string of the molecule is CC(=O)N1C=Cc2ccccc2C1CC(=O)CC(C)c1cccc(Br)c1. The molecule has 26 heavy (non-hydrogen) atoms.